The fraction of sp³-hybridized carbons (Fsp3) is 0.368. The predicted molar refractivity (Wildman–Crippen MR) is 109 cm³/mol. The van der Waals surface area contributed by atoms with Crippen LogP contribution in [-0.2, 0) is 10.0 Å². The van der Waals surface area contributed by atoms with E-state index in [1.54, 1.807) is 6.20 Å². The fourth-order valence-corrected chi connectivity index (χ4v) is 3.78. The monoisotopic (exact) mass is 403 g/mol. The molecular formula is C19H25N5O3S. The van der Waals surface area contributed by atoms with Gasteiger partial charge < -0.3 is 15.1 Å². The van der Waals surface area contributed by atoms with Crippen molar-refractivity contribution >= 4 is 27.4 Å². The Labute approximate surface area is 165 Å². The largest absolute Gasteiger partial charge is 0.354 e. The van der Waals surface area contributed by atoms with E-state index in [2.05, 4.69) is 27.1 Å². The number of carbonyl (C=O) groups excluding carboxylic acids is 1. The summed E-state index contributed by atoms with van der Waals surface area (Å²) in [4.78, 5) is 21.5. The lowest BCUT2D eigenvalue weighted by molar-refractivity contribution is 0.102. The number of rotatable bonds is 5. The van der Waals surface area contributed by atoms with E-state index in [4.69, 9.17) is 0 Å². The minimum Gasteiger partial charge on any atom is -0.354 e. The summed E-state index contributed by atoms with van der Waals surface area (Å²) in [7, 11) is 1.52. The van der Waals surface area contributed by atoms with Crippen LogP contribution in [-0.4, -0.2) is 75.8 Å². The second-order valence-corrected chi connectivity index (χ2v) is 9.11. The van der Waals surface area contributed by atoms with Crippen molar-refractivity contribution in [1.82, 2.24) is 14.2 Å². The summed E-state index contributed by atoms with van der Waals surface area (Å²) in [6, 6.07) is 9.57. The van der Waals surface area contributed by atoms with Gasteiger partial charge in [0.2, 0.25) is 10.0 Å². The Kier molecular flexibility index (Phi) is 5.97. The molecule has 0 bridgehead atoms. The Hall–Kier alpha value is -2.49. The van der Waals surface area contributed by atoms with Gasteiger partial charge in [-0.1, -0.05) is 0 Å². The molecule has 28 heavy (non-hydrogen) atoms. The zero-order valence-corrected chi connectivity index (χ0v) is 17.1. The average Bonchev–Trinajstić information content (AvgIpc) is 2.69. The van der Waals surface area contributed by atoms with Gasteiger partial charge in [-0.2, -0.15) is 0 Å². The van der Waals surface area contributed by atoms with Crippen LogP contribution in [0, 0.1) is 0 Å². The number of likely N-dealkylation sites (N-methyl/N-ethyl adjacent to an activating group) is 1. The zero-order valence-electron chi connectivity index (χ0n) is 16.3. The number of carbonyl (C=O) groups is 1. The summed E-state index contributed by atoms with van der Waals surface area (Å²) in [5.41, 5.74) is 0.966. The molecule has 1 fully saturated rings. The lowest BCUT2D eigenvalue weighted by Crippen LogP contribution is -2.44. The zero-order chi connectivity index (χ0) is 20.3. The Bertz CT molecular complexity index is 919. The van der Waals surface area contributed by atoms with Gasteiger partial charge in [-0.15, -0.1) is 0 Å². The van der Waals surface area contributed by atoms with Crippen LogP contribution in [0.25, 0.3) is 0 Å². The van der Waals surface area contributed by atoms with E-state index in [9.17, 15) is 13.2 Å². The van der Waals surface area contributed by atoms with E-state index >= 15 is 0 Å². The number of amides is 1. The van der Waals surface area contributed by atoms with Crippen LogP contribution in [0.3, 0.4) is 0 Å². The Morgan fingerprint density at radius 2 is 1.68 bits per heavy atom. The molecule has 2 heterocycles. The van der Waals surface area contributed by atoms with Crippen molar-refractivity contribution in [2.75, 3.05) is 57.5 Å². The molecule has 9 heteroatoms. The van der Waals surface area contributed by atoms with E-state index in [0.717, 1.165) is 36.3 Å². The molecule has 1 aromatic heterocycles. The smallest absolute Gasteiger partial charge is 0.255 e. The van der Waals surface area contributed by atoms with Crippen molar-refractivity contribution in [3.63, 3.8) is 0 Å². The molecule has 1 aliphatic rings. The highest BCUT2D eigenvalue weighted by Gasteiger charge is 2.18. The van der Waals surface area contributed by atoms with E-state index < -0.39 is 10.0 Å². The summed E-state index contributed by atoms with van der Waals surface area (Å²) in [5.74, 6) is 0.576. The fourth-order valence-electron chi connectivity index (χ4n) is 2.87. The molecule has 8 nitrogen and oxygen atoms in total. The summed E-state index contributed by atoms with van der Waals surface area (Å²) in [6.45, 7) is 3.86. The van der Waals surface area contributed by atoms with Crippen molar-refractivity contribution in [2.45, 2.75) is 4.90 Å². The number of nitrogens with zero attached hydrogens (tertiary/aromatic N) is 4. The SMILES string of the molecule is CN1CCN(c2ccc(NC(=O)c3ccc(S(=O)(=O)N(C)C)cc3)cn2)CC1. The number of anilines is 2. The van der Waals surface area contributed by atoms with Crippen LogP contribution < -0.4 is 10.2 Å². The summed E-state index contributed by atoms with van der Waals surface area (Å²) >= 11 is 0. The quantitative estimate of drug-likeness (QED) is 0.811. The maximum Gasteiger partial charge on any atom is 0.255 e. The van der Waals surface area contributed by atoms with Crippen LogP contribution in [0.1, 0.15) is 10.4 Å². The van der Waals surface area contributed by atoms with Crippen LogP contribution in [0.2, 0.25) is 0 Å². The number of aromatic nitrogens is 1. The molecule has 0 atom stereocenters. The van der Waals surface area contributed by atoms with Crippen LogP contribution >= 0.6 is 0 Å². The molecule has 1 saturated heterocycles. The predicted octanol–water partition coefficient (Wildman–Crippen LogP) is 1.34. The van der Waals surface area contributed by atoms with Crippen molar-refractivity contribution in [2.24, 2.45) is 0 Å². The van der Waals surface area contributed by atoms with Crippen LogP contribution in [0.4, 0.5) is 11.5 Å². The third-order valence-electron chi connectivity index (χ3n) is 4.73. The number of hydrogen-bond acceptors (Lipinski definition) is 6. The molecule has 0 aliphatic carbocycles. The van der Waals surface area contributed by atoms with E-state index in [1.807, 2.05) is 12.1 Å². The lowest BCUT2D eigenvalue weighted by Gasteiger charge is -2.33. The Morgan fingerprint density at radius 3 is 2.21 bits per heavy atom. The minimum absolute atomic E-state index is 0.146. The van der Waals surface area contributed by atoms with Gasteiger partial charge in [-0.05, 0) is 43.4 Å². The summed E-state index contributed by atoms with van der Waals surface area (Å²) < 4.78 is 25.3. The molecular weight excluding hydrogens is 378 g/mol. The van der Waals surface area contributed by atoms with E-state index in [1.165, 1.54) is 38.4 Å². The highest BCUT2D eigenvalue weighted by Crippen LogP contribution is 2.18. The topological polar surface area (TPSA) is 85.8 Å². The maximum atomic E-state index is 12.4. The maximum absolute atomic E-state index is 12.4. The van der Waals surface area contributed by atoms with Crippen molar-refractivity contribution in [1.29, 1.82) is 0 Å². The molecule has 150 valence electrons. The summed E-state index contributed by atoms with van der Waals surface area (Å²) in [5, 5.41) is 2.79. The average molecular weight is 404 g/mol. The minimum atomic E-state index is -3.51. The Morgan fingerprint density at radius 1 is 1.04 bits per heavy atom. The standard InChI is InChI=1S/C19H25N5O3S/c1-22(2)28(26,27)17-7-4-15(5-8-17)19(25)21-16-6-9-18(20-14-16)24-12-10-23(3)11-13-24/h4-9,14H,10-13H2,1-3H3,(H,21,25). The van der Waals surface area contributed by atoms with Gasteiger partial charge in [-0.3, -0.25) is 4.79 Å². The van der Waals surface area contributed by atoms with Gasteiger partial charge in [0.25, 0.3) is 5.91 Å². The van der Waals surface area contributed by atoms with Gasteiger partial charge in [0, 0.05) is 45.8 Å². The van der Waals surface area contributed by atoms with Crippen molar-refractivity contribution < 1.29 is 13.2 Å². The Balaban J connectivity index is 1.64. The third-order valence-corrected chi connectivity index (χ3v) is 6.56. The molecule has 0 saturated carbocycles. The van der Waals surface area contributed by atoms with Gasteiger partial charge in [0.05, 0.1) is 16.8 Å². The first kappa shape index (κ1) is 20.2. The van der Waals surface area contributed by atoms with Crippen molar-refractivity contribution in [3.05, 3.63) is 48.2 Å². The molecule has 2 aromatic rings. The van der Waals surface area contributed by atoms with Crippen LogP contribution in [0.15, 0.2) is 47.5 Å². The van der Waals surface area contributed by atoms with Crippen molar-refractivity contribution in [3.8, 4) is 0 Å². The first-order valence-corrected chi connectivity index (χ1v) is 10.4. The highest BCUT2D eigenvalue weighted by molar-refractivity contribution is 7.89. The van der Waals surface area contributed by atoms with Gasteiger partial charge in [0.15, 0.2) is 0 Å². The number of pyridine rings is 1. The molecule has 0 unspecified atom stereocenters. The van der Waals surface area contributed by atoms with Gasteiger partial charge in [-0.25, -0.2) is 17.7 Å². The number of piperazine rings is 1. The number of hydrogen-bond donors (Lipinski definition) is 1. The van der Waals surface area contributed by atoms with Gasteiger partial charge >= 0.3 is 0 Å². The first-order chi connectivity index (χ1) is 13.3. The second kappa shape index (κ2) is 8.26. The summed E-state index contributed by atoms with van der Waals surface area (Å²) in [6.07, 6.45) is 1.64. The first-order valence-electron chi connectivity index (χ1n) is 9.01. The van der Waals surface area contributed by atoms with Crippen LogP contribution in [0.5, 0.6) is 0 Å². The molecule has 0 spiro atoms. The van der Waals surface area contributed by atoms with Gasteiger partial charge in [0.1, 0.15) is 5.82 Å². The molecule has 3 rings (SSSR count). The van der Waals surface area contributed by atoms with E-state index in [0.29, 0.717) is 11.3 Å². The number of sulfonamides is 1. The molecule has 1 aromatic carbocycles. The normalized spacial score (nSPS) is 15.6. The molecule has 1 aliphatic heterocycles. The molecule has 1 N–H and O–H groups in total. The lowest BCUT2D eigenvalue weighted by atomic mass is 10.2. The van der Waals surface area contributed by atoms with E-state index in [-0.39, 0.29) is 10.8 Å². The highest BCUT2D eigenvalue weighted by atomic mass is 32.2. The molecule has 1 amide bonds. The number of nitrogens with one attached hydrogen (secondary N) is 1. The molecule has 0 radical (unpaired) electrons. The second-order valence-electron chi connectivity index (χ2n) is 6.96. The number of benzene rings is 1. The third kappa shape index (κ3) is 4.49.